The third kappa shape index (κ3) is 4.88. The van der Waals surface area contributed by atoms with Crippen LogP contribution in [0.15, 0.2) is 45.8 Å². The summed E-state index contributed by atoms with van der Waals surface area (Å²) in [5, 5.41) is 5.86. The highest BCUT2D eigenvalue weighted by atomic mass is 32.2. The number of carbonyl (C=O) groups is 1. The summed E-state index contributed by atoms with van der Waals surface area (Å²) in [6.45, 7) is 5.23. The van der Waals surface area contributed by atoms with Crippen LogP contribution in [0.5, 0.6) is 0 Å². The third-order valence-corrected chi connectivity index (χ3v) is 7.27. The highest BCUT2D eigenvalue weighted by Gasteiger charge is 2.52. The number of hydrogen-bond donors (Lipinski definition) is 3. The molecule has 1 amide bonds. The average molecular weight is 506 g/mol. The number of aromatic nitrogens is 1. The number of amides is 1. The van der Waals surface area contributed by atoms with Gasteiger partial charge in [0.25, 0.3) is 11.8 Å². The quantitative estimate of drug-likeness (QED) is 0.512. The van der Waals surface area contributed by atoms with Crippen molar-refractivity contribution in [1.29, 1.82) is 4.78 Å². The number of alkyl halides is 5. The molecular weight excluding hydrogens is 477 g/mol. The Bertz CT molecular complexity index is 1080. The summed E-state index contributed by atoms with van der Waals surface area (Å²) < 4.78 is 77.9. The zero-order valence-corrected chi connectivity index (χ0v) is 20.3. The number of anilines is 1. The number of nitrogens with one attached hydrogen (secondary N) is 3. The standard InChI is InChI=1S/C22H28F5N5OS/c1-12-11-32(9-7-21(12,23)24)20(4)18(13(2)17(14(3)31-20)22(25,26)27)19(33)30-15-6-8-29-16(10-15)34(5)28/h6,8,10,12,28,31H,7,9,11H2,1-5H3,(H,29,30,33)/t12?,20?,34-/m0/s1. The summed E-state index contributed by atoms with van der Waals surface area (Å²) >= 11 is 0. The van der Waals surface area contributed by atoms with Gasteiger partial charge in [-0.1, -0.05) is 17.6 Å². The third-order valence-electron chi connectivity index (χ3n) is 6.42. The number of hydrogen-bond acceptors (Lipinski definition) is 5. The van der Waals surface area contributed by atoms with E-state index >= 15 is 0 Å². The van der Waals surface area contributed by atoms with E-state index in [2.05, 4.69) is 15.6 Å². The minimum absolute atomic E-state index is 0.101. The monoisotopic (exact) mass is 505 g/mol. The van der Waals surface area contributed by atoms with Crippen LogP contribution in [0.1, 0.15) is 34.1 Å². The highest BCUT2D eigenvalue weighted by molar-refractivity contribution is 7.85. The predicted molar refractivity (Wildman–Crippen MR) is 120 cm³/mol. The number of pyridine rings is 1. The van der Waals surface area contributed by atoms with Crippen LogP contribution < -0.4 is 10.6 Å². The topological polar surface area (TPSA) is 81.1 Å². The molecule has 2 unspecified atom stereocenters. The Hall–Kier alpha value is -2.34. The van der Waals surface area contributed by atoms with Crippen LogP contribution in [0.3, 0.4) is 0 Å². The fraction of sp³-hybridized carbons (Fsp3) is 0.545. The van der Waals surface area contributed by atoms with Gasteiger partial charge in [-0.25, -0.2) is 13.8 Å². The SMILES string of the molecule is CC1=C(C(F)(F)F)C(C)=C(C(=O)Nc2ccnc([S@](C)=N)c2)C(C)(N2CCC(F)(F)C(C)C2)N1. The van der Waals surface area contributed by atoms with Crippen molar-refractivity contribution in [3.8, 4) is 0 Å². The van der Waals surface area contributed by atoms with E-state index in [1.807, 2.05) is 0 Å². The summed E-state index contributed by atoms with van der Waals surface area (Å²) in [4.78, 5) is 19.1. The van der Waals surface area contributed by atoms with Crippen molar-refractivity contribution >= 4 is 22.3 Å². The largest absolute Gasteiger partial charge is 0.418 e. The molecule has 34 heavy (non-hydrogen) atoms. The van der Waals surface area contributed by atoms with Crippen LogP contribution in [-0.4, -0.2) is 52.9 Å². The number of halogens is 5. The lowest BCUT2D eigenvalue weighted by atomic mass is 9.83. The number of dihydropyridines is 1. The van der Waals surface area contributed by atoms with E-state index in [0.29, 0.717) is 5.03 Å². The van der Waals surface area contributed by atoms with Gasteiger partial charge in [-0.2, -0.15) is 13.2 Å². The van der Waals surface area contributed by atoms with Crippen LogP contribution in [0.4, 0.5) is 27.6 Å². The molecule has 0 radical (unpaired) electrons. The minimum atomic E-state index is -4.72. The maximum Gasteiger partial charge on any atom is 0.418 e. The second kappa shape index (κ2) is 9.03. The van der Waals surface area contributed by atoms with E-state index in [0.717, 1.165) is 0 Å². The van der Waals surface area contributed by atoms with Gasteiger partial charge in [-0.05, 0) is 44.7 Å². The van der Waals surface area contributed by atoms with Crippen molar-refractivity contribution in [2.75, 3.05) is 24.7 Å². The minimum Gasteiger partial charge on any atom is -0.366 e. The molecule has 3 N–H and O–H groups in total. The first-order chi connectivity index (χ1) is 15.6. The maximum absolute atomic E-state index is 14.2. The molecule has 188 valence electrons. The summed E-state index contributed by atoms with van der Waals surface area (Å²) in [5.41, 5.74) is -2.76. The van der Waals surface area contributed by atoms with Crippen molar-refractivity contribution < 1.29 is 26.7 Å². The molecule has 6 nitrogen and oxygen atoms in total. The van der Waals surface area contributed by atoms with Crippen LogP contribution >= 0.6 is 0 Å². The molecule has 0 spiro atoms. The fourth-order valence-corrected chi connectivity index (χ4v) is 5.18. The van der Waals surface area contributed by atoms with Gasteiger partial charge in [0.15, 0.2) is 0 Å². The van der Waals surface area contributed by atoms with Gasteiger partial charge >= 0.3 is 6.18 Å². The molecular formula is C22H28F5N5OS. The first kappa shape index (κ1) is 26.3. The molecule has 0 saturated carbocycles. The molecule has 1 aromatic heterocycles. The fourth-order valence-electron chi connectivity index (χ4n) is 4.66. The van der Waals surface area contributed by atoms with E-state index < -0.39 is 52.3 Å². The zero-order chi connectivity index (χ0) is 25.6. The first-order valence-corrected chi connectivity index (χ1v) is 12.3. The number of carbonyl (C=O) groups excluding carboxylic acids is 1. The van der Waals surface area contributed by atoms with Gasteiger partial charge in [-0.15, -0.1) is 0 Å². The summed E-state index contributed by atoms with van der Waals surface area (Å²) in [6.07, 6.45) is -2.16. The lowest BCUT2D eigenvalue weighted by molar-refractivity contribution is -0.123. The summed E-state index contributed by atoms with van der Waals surface area (Å²) in [5.74, 6) is -4.73. The molecule has 3 heterocycles. The summed E-state index contributed by atoms with van der Waals surface area (Å²) in [7, 11) is -0.941. The lowest BCUT2D eigenvalue weighted by Gasteiger charge is -2.50. The molecule has 2 aliphatic rings. The Morgan fingerprint density at radius 1 is 1.35 bits per heavy atom. The molecule has 0 aliphatic carbocycles. The Labute approximate surface area is 197 Å². The number of rotatable bonds is 4. The molecule has 1 aromatic rings. The molecule has 12 heteroatoms. The first-order valence-electron chi connectivity index (χ1n) is 10.6. The second-order valence-electron chi connectivity index (χ2n) is 8.90. The van der Waals surface area contributed by atoms with Crippen LogP contribution in [-0.2, 0) is 15.5 Å². The van der Waals surface area contributed by atoms with Crippen molar-refractivity contribution in [2.24, 2.45) is 5.92 Å². The van der Waals surface area contributed by atoms with Crippen LogP contribution in [0.25, 0.3) is 0 Å². The highest BCUT2D eigenvalue weighted by Crippen LogP contribution is 2.44. The van der Waals surface area contributed by atoms with Gasteiger partial charge in [0.2, 0.25) is 0 Å². The van der Waals surface area contributed by atoms with Crippen molar-refractivity contribution in [3.63, 3.8) is 0 Å². The van der Waals surface area contributed by atoms with Crippen molar-refractivity contribution in [1.82, 2.24) is 15.2 Å². The predicted octanol–water partition coefficient (Wildman–Crippen LogP) is 4.84. The Morgan fingerprint density at radius 3 is 2.56 bits per heavy atom. The summed E-state index contributed by atoms with van der Waals surface area (Å²) in [6, 6.07) is 2.97. The van der Waals surface area contributed by atoms with E-state index in [9.17, 15) is 26.7 Å². The van der Waals surface area contributed by atoms with Gasteiger partial charge in [0, 0.05) is 43.0 Å². The van der Waals surface area contributed by atoms with Crippen LogP contribution in [0, 0.1) is 10.7 Å². The zero-order valence-electron chi connectivity index (χ0n) is 19.5. The lowest BCUT2D eigenvalue weighted by Crippen LogP contribution is -2.65. The van der Waals surface area contributed by atoms with Gasteiger partial charge < -0.3 is 10.6 Å². The maximum atomic E-state index is 14.2. The van der Waals surface area contributed by atoms with Crippen molar-refractivity contribution in [2.45, 2.75) is 56.9 Å². The number of allylic oxidation sites excluding steroid dienone is 3. The molecule has 2 aliphatic heterocycles. The molecule has 3 rings (SSSR count). The van der Waals surface area contributed by atoms with Crippen molar-refractivity contribution in [3.05, 3.63) is 40.7 Å². The molecule has 1 saturated heterocycles. The number of piperidine rings is 1. The molecule has 3 atom stereocenters. The van der Waals surface area contributed by atoms with Crippen LogP contribution in [0.2, 0.25) is 0 Å². The Morgan fingerprint density at radius 2 is 2.00 bits per heavy atom. The van der Waals surface area contributed by atoms with Gasteiger partial charge in [0.1, 0.15) is 10.7 Å². The van der Waals surface area contributed by atoms with Gasteiger partial charge in [0.05, 0.1) is 11.1 Å². The molecule has 0 bridgehead atoms. The van der Waals surface area contributed by atoms with E-state index in [1.54, 1.807) is 18.1 Å². The Kier molecular flexibility index (Phi) is 6.97. The van der Waals surface area contributed by atoms with E-state index in [1.165, 1.54) is 39.1 Å². The molecule has 1 fully saturated rings. The second-order valence-corrected chi connectivity index (χ2v) is 10.3. The average Bonchev–Trinajstić information content (AvgIpc) is 2.68. The number of nitrogens with zero attached hydrogens (tertiary/aromatic N) is 2. The Balaban J connectivity index is 2.08. The van der Waals surface area contributed by atoms with Gasteiger partial charge in [-0.3, -0.25) is 14.5 Å². The molecule has 0 aromatic carbocycles. The van der Waals surface area contributed by atoms with E-state index in [4.69, 9.17) is 4.78 Å². The smallest absolute Gasteiger partial charge is 0.366 e. The number of likely N-dealkylation sites (tertiary alicyclic amines) is 1. The van der Waals surface area contributed by atoms with E-state index in [-0.39, 0.29) is 35.6 Å². The normalized spacial score (nSPS) is 26.8.